The van der Waals surface area contributed by atoms with Crippen molar-refractivity contribution in [2.75, 3.05) is 0 Å². The van der Waals surface area contributed by atoms with Crippen LogP contribution in [0.2, 0.25) is 5.02 Å². The molecule has 152 valence electrons. The fourth-order valence-electron chi connectivity index (χ4n) is 4.23. The SMILES string of the molecule is O=C(Cc1cccs1)N(Cc1cccn1Cc1cccc(Cl)c1)C1CCCCC1. The topological polar surface area (TPSA) is 25.2 Å². The number of benzene rings is 1. The average Bonchev–Trinajstić information content (AvgIpc) is 3.39. The lowest BCUT2D eigenvalue weighted by Gasteiger charge is -2.35. The quantitative estimate of drug-likeness (QED) is 0.444. The summed E-state index contributed by atoms with van der Waals surface area (Å²) in [6.07, 6.45) is 8.56. The summed E-state index contributed by atoms with van der Waals surface area (Å²) >= 11 is 7.82. The van der Waals surface area contributed by atoms with E-state index in [1.807, 2.05) is 29.6 Å². The first-order valence-corrected chi connectivity index (χ1v) is 11.6. The van der Waals surface area contributed by atoms with Gasteiger partial charge in [-0.25, -0.2) is 0 Å². The van der Waals surface area contributed by atoms with Gasteiger partial charge in [-0.05, 0) is 54.1 Å². The van der Waals surface area contributed by atoms with Crippen molar-refractivity contribution in [3.05, 3.63) is 81.3 Å². The molecule has 1 amide bonds. The van der Waals surface area contributed by atoms with Crippen molar-refractivity contribution in [3.63, 3.8) is 0 Å². The van der Waals surface area contributed by atoms with Gasteiger partial charge in [-0.1, -0.05) is 49.1 Å². The number of aromatic nitrogens is 1. The van der Waals surface area contributed by atoms with Crippen molar-refractivity contribution in [1.82, 2.24) is 9.47 Å². The van der Waals surface area contributed by atoms with Crippen LogP contribution in [0.5, 0.6) is 0 Å². The van der Waals surface area contributed by atoms with E-state index in [0.717, 1.165) is 29.3 Å². The molecule has 2 aromatic heterocycles. The minimum Gasteiger partial charge on any atom is -0.345 e. The van der Waals surface area contributed by atoms with E-state index in [-0.39, 0.29) is 5.91 Å². The van der Waals surface area contributed by atoms with Crippen molar-refractivity contribution < 1.29 is 4.79 Å². The van der Waals surface area contributed by atoms with Crippen LogP contribution in [-0.2, 0) is 24.3 Å². The highest BCUT2D eigenvalue weighted by molar-refractivity contribution is 7.10. The third-order valence-electron chi connectivity index (χ3n) is 5.74. The third-order valence-corrected chi connectivity index (χ3v) is 6.85. The predicted octanol–water partition coefficient (Wildman–Crippen LogP) is 6.16. The lowest BCUT2D eigenvalue weighted by atomic mass is 9.93. The van der Waals surface area contributed by atoms with Crippen LogP contribution in [0.4, 0.5) is 0 Å². The average molecular weight is 427 g/mol. The van der Waals surface area contributed by atoms with E-state index >= 15 is 0 Å². The highest BCUT2D eigenvalue weighted by Gasteiger charge is 2.26. The number of amides is 1. The molecule has 2 heterocycles. The third kappa shape index (κ3) is 5.31. The lowest BCUT2D eigenvalue weighted by Crippen LogP contribution is -2.42. The molecule has 1 aliphatic carbocycles. The molecule has 0 bridgehead atoms. The largest absolute Gasteiger partial charge is 0.345 e. The molecule has 1 aromatic carbocycles. The lowest BCUT2D eigenvalue weighted by molar-refractivity contribution is -0.134. The van der Waals surface area contributed by atoms with Crippen LogP contribution in [0, 0.1) is 0 Å². The standard InChI is InChI=1S/C24H27ClN2OS/c25-20-8-4-7-19(15-20)17-26-13-5-11-22(26)18-27(21-9-2-1-3-10-21)24(28)16-23-12-6-14-29-23/h4-8,11-15,21H,1-3,9-10,16-18H2. The minimum atomic E-state index is 0.245. The first-order chi connectivity index (χ1) is 14.2. The number of carbonyl (C=O) groups excluding carboxylic acids is 1. The van der Waals surface area contributed by atoms with Gasteiger partial charge < -0.3 is 9.47 Å². The number of thiophene rings is 1. The zero-order chi connectivity index (χ0) is 20.1. The molecule has 0 N–H and O–H groups in total. The van der Waals surface area contributed by atoms with Crippen LogP contribution >= 0.6 is 22.9 Å². The van der Waals surface area contributed by atoms with Gasteiger partial charge in [-0.15, -0.1) is 11.3 Å². The van der Waals surface area contributed by atoms with E-state index in [4.69, 9.17) is 11.6 Å². The van der Waals surface area contributed by atoms with Crippen LogP contribution in [0.3, 0.4) is 0 Å². The van der Waals surface area contributed by atoms with Crippen LogP contribution in [-0.4, -0.2) is 21.4 Å². The zero-order valence-corrected chi connectivity index (χ0v) is 18.2. The molecule has 0 unspecified atom stereocenters. The Labute approximate surface area is 181 Å². The molecule has 1 fully saturated rings. The van der Waals surface area contributed by atoms with Crippen LogP contribution in [0.25, 0.3) is 0 Å². The highest BCUT2D eigenvalue weighted by Crippen LogP contribution is 2.26. The number of hydrogen-bond donors (Lipinski definition) is 0. The summed E-state index contributed by atoms with van der Waals surface area (Å²) in [5.41, 5.74) is 2.35. The first kappa shape index (κ1) is 20.2. The van der Waals surface area contributed by atoms with Gasteiger partial charge in [0.05, 0.1) is 13.0 Å². The molecule has 0 atom stereocenters. The Hall–Kier alpha value is -2.04. The number of hydrogen-bond acceptors (Lipinski definition) is 2. The van der Waals surface area contributed by atoms with Gasteiger partial charge in [0.25, 0.3) is 0 Å². The van der Waals surface area contributed by atoms with Gasteiger partial charge >= 0.3 is 0 Å². The Morgan fingerprint density at radius 3 is 2.72 bits per heavy atom. The molecular formula is C24H27ClN2OS. The maximum absolute atomic E-state index is 13.3. The van der Waals surface area contributed by atoms with E-state index in [1.165, 1.54) is 30.5 Å². The molecule has 3 nitrogen and oxygen atoms in total. The predicted molar refractivity (Wildman–Crippen MR) is 120 cm³/mol. The molecule has 1 saturated carbocycles. The van der Waals surface area contributed by atoms with E-state index in [9.17, 15) is 4.79 Å². The molecule has 0 radical (unpaired) electrons. The Balaban J connectivity index is 1.53. The monoisotopic (exact) mass is 426 g/mol. The van der Waals surface area contributed by atoms with Crippen LogP contribution in [0.15, 0.2) is 60.1 Å². The summed E-state index contributed by atoms with van der Waals surface area (Å²) < 4.78 is 2.24. The van der Waals surface area contributed by atoms with Gasteiger partial charge in [0, 0.05) is 34.4 Å². The molecule has 0 aliphatic heterocycles. The van der Waals surface area contributed by atoms with Gasteiger partial charge in [0.15, 0.2) is 0 Å². The van der Waals surface area contributed by atoms with Gasteiger partial charge in [-0.2, -0.15) is 0 Å². The molecule has 0 saturated heterocycles. The summed E-state index contributed by atoms with van der Waals surface area (Å²) in [6, 6.07) is 16.6. The van der Waals surface area contributed by atoms with E-state index in [0.29, 0.717) is 19.0 Å². The van der Waals surface area contributed by atoms with Crippen molar-refractivity contribution in [2.45, 2.75) is 57.7 Å². The maximum atomic E-state index is 13.3. The Bertz CT molecular complexity index is 928. The summed E-state index contributed by atoms with van der Waals surface area (Å²) in [5, 5.41) is 2.80. The van der Waals surface area contributed by atoms with Crippen molar-refractivity contribution in [1.29, 1.82) is 0 Å². The number of halogens is 1. The minimum absolute atomic E-state index is 0.245. The van der Waals surface area contributed by atoms with Crippen molar-refractivity contribution in [2.24, 2.45) is 0 Å². The van der Waals surface area contributed by atoms with Crippen molar-refractivity contribution >= 4 is 28.8 Å². The molecule has 29 heavy (non-hydrogen) atoms. The summed E-state index contributed by atoms with van der Waals surface area (Å²) in [6.45, 7) is 1.43. The van der Waals surface area contributed by atoms with E-state index in [2.05, 4.69) is 39.9 Å². The van der Waals surface area contributed by atoms with E-state index in [1.54, 1.807) is 11.3 Å². The molecule has 0 spiro atoms. The molecular weight excluding hydrogens is 400 g/mol. The fourth-order valence-corrected chi connectivity index (χ4v) is 5.14. The highest BCUT2D eigenvalue weighted by atomic mass is 35.5. The Morgan fingerprint density at radius 1 is 1.10 bits per heavy atom. The summed E-state index contributed by atoms with van der Waals surface area (Å²) in [4.78, 5) is 16.5. The zero-order valence-electron chi connectivity index (χ0n) is 16.6. The second-order valence-corrected chi connectivity index (χ2v) is 9.30. The Morgan fingerprint density at radius 2 is 1.97 bits per heavy atom. The maximum Gasteiger partial charge on any atom is 0.228 e. The van der Waals surface area contributed by atoms with Gasteiger partial charge in [0.2, 0.25) is 5.91 Å². The molecule has 5 heteroatoms. The first-order valence-electron chi connectivity index (χ1n) is 10.4. The number of rotatable bonds is 7. The fraction of sp³-hybridized carbons (Fsp3) is 0.375. The molecule has 3 aromatic rings. The van der Waals surface area contributed by atoms with Gasteiger partial charge in [0.1, 0.15) is 0 Å². The smallest absolute Gasteiger partial charge is 0.228 e. The van der Waals surface area contributed by atoms with Crippen LogP contribution < -0.4 is 0 Å². The summed E-state index contributed by atoms with van der Waals surface area (Å²) in [5.74, 6) is 0.245. The molecule has 4 rings (SSSR count). The molecule has 1 aliphatic rings. The number of nitrogens with zero attached hydrogens (tertiary/aromatic N) is 2. The van der Waals surface area contributed by atoms with Crippen LogP contribution in [0.1, 0.15) is 48.2 Å². The van der Waals surface area contributed by atoms with E-state index < -0.39 is 0 Å². The van der Waals surface area contributed by atoms with Gasteiger partial charge in [-0.3, -0.25) is 4.79 Å². The summed E-state index contributed by atoms with van der Waals surface area (Å²) in [7, 11) is 0. The Kier molecular flexibility index (Phi) is 6.73. The normalized spacial score (nSPS) is 14.8. The second kappa shape index (κ2) is 9.64. The van der Waals surface area contributed by atoms with Crippen molar-refractivity contribution in [3.8, 4) is 0 Å². The number of carbonyl (C=O) groups is 1. The second-order valence-electron chi connectivity index (χ2n) is 7.83.